The molecule has 58 valence electrons. The number of ether oxygens (including phenoxy) is 1. The molecule has 0 aromatic heterocycles. The Hall–Kier alpha value is -1.71. The third kappa shape index (κ3) is 1.61. The minimum Gasteiger partial charge on any atom is -0.426 e. The molecule has 0 amide bonds. The Morgan fingerprint density at radius 1 is 1.36 bits per heavy atom. The van der Waals surface area contributed by atoms with Crippen molar-refractivity contribution in [3.8, 4) is 5.75 Å². The van der Waals surface area contributed by atoms with Crippen molar-refractivity contribution in [2.75, 3.05) is 11.5 Å². The molecule has 1 aromatic carbocycles. The number of carbonyl (C=O) groups excluding carboxylic acids is 1. The van der Waals surface area contributed by atoms with Crippen molar-refractivity contribution in [3.05, 3.63) is 18.2 Å². The Labute approximate surface area is 63.8 Å². The van der Waals surface area contributed by atoms with Gasteiger partial charge < -0.3 is 16.2 Å². The molecule has 0 bridgehead atoms. The second-order valence-electron chi connectivity index (χ2n) is 2.01. The molecule has 0 fully saturated rings. The van der Waals surface area contributed by atoms with Crippen molar-refractivity contribution in [3.63, 3.8) is 0 Å². The molecule has 0 atom stereocenters. The van der Waals surface area contributed by atoms with Crippen LogP contribution in [0.4, 0.5) is 11.4 Å². The number of rotatable bonds is 2. The quantitative estimate of drug-likeness (QED) is 0.474. The molecule has 4 heteroatoms. The van der Waals surface area contributed by atoms with E-state index >= 15 is 0 Å². The van der Waals surface area contributed by atoms with Gasteiger partial charge in [0.25, 0.3) is 6.47 Å². The van der Waals surface area contributed by atoms with Crippen LogP contribution in [0.5, 0.6) is 5.75 Å². The van der Waals surface area contributed by atoms with Crippen LogP contribution >= 0.6 is 0 Å². The first-order valence-corrected chi connectivity index (χ1v) is 2.99. The van der Waals surface area contributed by atoms with Gasteiger partial charge in [-0.1, -0.05) is 0 Å². The zero-order valence-corrected chi connectivity index (χ0v) is 5.78. The van der Waals surface area contributed by atoms with Crippen LogP contribution in [-0.2, 0) is 4.79 Å². The van der Waals surface area contributed by atoms with E-state index in [9.17, 15) is 4.79 Å². The maximum Gasteiger partial charge on any atom is 0.298 e. The summed E-state index contributed by atoms with van der Waals surface area (Å²) in [6, 6.07) is 4.70. The summed E-state index contributed by atoms with van der Waals surface area (Å²) in [5, 5.41) is 0. The maximum atomic E-state index is 9.92. The number of anilines is 2. The van der Waals surface area contributed by atoms with Gasteiger partial charge in [-0.15, -0.1) is 0 Å². The first-order valence-electron chi connectivity index (χ1n) is 2.99. The molecule has 0 saturated carbocycles. The highest BCUT2D eigenvalue weighted by molar-refractivity contribution is 5.63. The Bertz CT molecular complexity index is 273. The lowest BCUT2D eigenvalue weighted by atomic mass is 10.3. The van der Waals surface area contributed by atoms with Crippen molar-refractivity contribution in [2.24, 2.45) is 0 Å². The lowest BCUT2D eigenvalue weighted by Crippen LogP contribution is -1.96. The van der Waals surface area contributed by atoms with Gasteiger partial charge in [0, 0.05) is 11.8 Å². The second-order valence-corrected chi connectivity index (χ2v) is 2.01. The van der Waals surface area contributed by atoms with Crippen LogP contribution in [0.3, 0.4) is 0 Å². The van der Waals surface area contributed by atoms with Crippen LogP contribution < -0.4 is 16.2 Å². The largest absolute Gasteiger partial charge is 0.426 e. The SMILES string of the molecule is Nc1ccc(N)c(OC=O)c1. The zero-order valence-electron chi connectivity index (χ0n) is 5.78. The number of nitrogen functional groups attached to an aromatic ring is 2. The van der Waals surface area contributed by atoms with E-state index in [1.807, 2.05) is 0 Å². The average molecular weight is 152 g/mol. The standard InChI is InChI=1S/C7H8N2O2/c8-5-1-2-6(9)7(3-5)11-4-10/h1-4H,8-9H2. The van der Waals surface area contributed by atoms with E-state index in [0.29, 0.717) is 23.6 Å². The second kappa shape index (κ2) is 2.92. The number of benzene rings is 1. The Morgan fingerprint density at radius 2 is 2.09 bits per heavy atom. The monoisotopic (exact) mass is 152 g/mol. The first kappa shape index (κ1) is 7.40. The molecule has 4 nitrogen and oxygen atoms in total. The highest BCUT2D eigenvalue weighted by Crippen LogP contribution is 2.22. The van der Waals surface area contributed by atoms with Gasteiger partial charge in [0.1, 0.15) is 0 Å². The number of hydrogen-bond acceptors (Lipinski definition) is 4. The number of nitrogens with two attached hydrogens (primary N) is 2. The van der Waals surface area contributed by atoms with Crippen LogP contribution in [0.2, 0.25) is 0 Å². The lowest BCUT2D eigenvalue weighted by Gasteiger charge is -2.02. The average Bonchev–Trinajstić information content (AvgIpc) is 1.98. The van der Waals surface area contributed by atoms with Gasteiger partial charge in [0.05, 0.1) is 5.69 Å². The summed E-state index contributed by atoms with van der Waals surface area (Å²) in [6.07, 6.45) is 0. The summed E-state index contributed by atoms with van der Waals surface area (Å²) in [5.41, 5.74) is 11.7. The van der Waals surface area contributed by atoms with Crippen molar-refractivity contribution < 1.29 is 9.53 Å². The van der Waals surface area contributed by atoms with Crippen molar-refractivity contribution in [1.29, 1.82) is 0 Å². The van der Waals surface area contributed by atoms with Gasteiger partial charge in [0.2, 0.25) is 0 Å². The van der Waals surface area contributed by atoms with Gasteiger partial charge in [0.15, 0.2) is 5.75 Å². The molecular weight excluding hydrogens is 144 g/mol. The van der Waals surface area contributed by atoms with Gasteiger partial charge in [-0.3, -0.25) is 4.79 Å². The summed E-state index contributed by atoms with van der Waals surface area (Å²) >= 11 is 0. The van der Waals surface area contributed by atoms with Crippen LogP contribution in [-0.4, -0.2) is 6.47 Å². The summed E-state index contributed by atoms with van der Waals surface area (Å²) < 4.78 is 4.53. The number of hydrogen-bond donors (Lipinski definition) is 2. The molecule has 11 heavy (non-hydrogen) atoms. The van der Waals surface area contributed by atoms with Gasteiger partial charge in [-0.05, 0) is 12.1 Å². The molecule has 0 saturated heterocycles. The van der Waals surface area contributed by atoms with E-state index in [2.05, 4.69) is 4.74 Å². The fourth-order valence-corrected chi connectivity index (χ4v) is 0.705. The lowest BCUT2D eigenvalue weighted by molar-refractivity contribution is -0.120. The van der Waals surface area contributed by atoms with Gasteiger partial charge in [-0.25, -0.2) is 0 Å². The normalized spacial score (nSPS) is 9.09. The minimum atomic E-state index is 0.292. The summed E-state index contributed by atoms with van der Waals surface area (Å²) in [4.78, 5) is 9.92. The molecule has 0 aliphatic carbocycles. The molecule has 0 radical (unpaired) electrons. The summed E-state index contributed by atoms with van der Waals surface area (Å²) in [7, 11) is 0. The third-order valence-corrected chi connectivity index (χ3v) is 1.21. The summed E-state index contributed by atoms with van der Waals surface area (Å²) in [6.45, 7) is 0.311. The van der Waals surface area contributed by atoms with Crippen LogP contribution in [0.25, 0.3) is 0 Å². The van der Waals surface area contributed by atoms with Crippen LogP contribution in [0, 0.1) is 0 Å². The van der Waals surface area contributed by atoms with E-state index < -0.39 is 0 Å². The Balaban J connectivity index is 3.01. The number of carbonyl (C=O) groups is 1. The Kier molecular flexibility index (Phi) is 1.96. The van der Waals surface area contributed by atoms with Crippen molar-refractivity contribution >= 4 is 17.8 Å². The molecule has 4 N–H and O–H groups in total. The predicted molar refractivity (Wildman–Crippen MR) is 42.0 cm³/mol. The zero-order chi connectivity index (χ0) is 8.27. The minimum absolute atomic E-state index is 0.292. The van der Waals surface area contributed by atoms with E-state index in [4.69, 9.17) is 11.5 Å². The highest BCUT2D eigenvalue weighted by Gasteiger charge is 1.98. The van der Waals surface area contributed by atoms with E-state index in [1.54, 1.807) is 12.1 Å². The smallest absolute Gasteiger partial charge is 0.298 e. The maximum absolute atomic E-state index is 9.92. The van der Waals surface area contributed by atoms with Crippen molar-refractivity contribution in [1.82, 2.24) is 0 Å². The fraction of sp³-hybridized carbons (Fsp3) is 0. The van der Waals surface area contributed by atoms with E-state index in [-0.39, 0.29) is 0 Å². The molecule has 0 heterocycles. The predicted octanol–water partition coefficient (Wildman–Crippen LogP) is 0.386. The molecule has 0 aliphatic heterocycles. The third-order valence-electron chi connectivity index (χ3n) is 1.21. The molecule has 0 spiro atoms. The highest BCUT2D eigenvalue weighted by atomic mass is 16.5. The van der Waals surface area contributed by atoms with E-state index in [0.717, 1.165) is 0 Å². The fourth-order valence-electron chi connectivity index (χ4n) is 0.705. The first-order chi connectivity index (χ1) is 5.24. The van der Waals surface area contributed by atoms with Crippen LogP contribution in [0.1, 0.15) is 0 Å². The molecular formula is C7H8N2O2. The topological polar surface area (TPSA) is 78.3 Å². The van der Waals surface area contributed by atoms with Gasteiger partial charge in [-0.2, -0.15) is 0 Å². The molecule has 1 aromatic rings. The molecule has 0 aliphatic rings. The Morgan fingerprint density at radius 3 is 2.73 bits per heavy atom. The van der Waals surface area contributed by atoms with Crippen molar-refractivity contribution in [2.45, 2.75) is 0 Å². The summed E-state index contributed by atoms with van der Waals surface area (Å²) in [5.74, 6) is 0.292. The molecule has 1 rings (SSSR count). The molecule has 0 unspecified atom stereocenters. The van der Waals surface area contributed by atoms with Crippen LogP contribution in [0.15, 0.2) is 18.2 Å². The van der Waals surface area contributed by atoms with Gasteiger partial charge >= 0.3 is 0 Å². The van der Waals surface area contributed by atoms with E-state index in [1.165, 1.54) is 6.07 Å².